The standard InChI is InChI=1S/C17H18F2N2O4S/c1-3-21(26(23,24)16-8-7-12(18)9-15(16)19)11-17(22)20-13-5-4-6-14(10-13)25-2/h4-10H,3,11H2,1-2H3,(H,20,22). The fourth-order valence-electron chi connectivity index (χ4n) is 2.25. The van der Waals surface area contributed by atoms with E-state index >= 15 is 0 Å². The van der Waals surface area contributed by atoms with E-state index in [0.29, 0.717) is 17.5 Å². The summed E-state index contributed by atoms with van der Waals surface area (Å²) >= 11 is 0. The zero-order chi connectivity index (χ0) is 19.3. The van der Waals surface area contributed by atoms with Gasteiger partial charge in [-0.2, -0.15) is 4.31 Å². The van der Waals surface area contributed by atoms with Gasteiger partial charge in [0, 0.05) is 24.4 Å². The minimum Gasteiger partial charge on any atom is -0.497 e. The monoisotopic (exact) mass is 384 g/mol. The van der Waals surface area contributed by atoms with E-state index < -0.39 is 39.0 Å². The zero-order valence-corrected chi connectivity index (χ0v) is 15.0. The van der Waals surface area contributed by atoms with E-state index in [-0.39, 0.29) is 6.54 Å². The number of carbonyl (C=O) groups is 1. The highest BCUT2D eigenvalue weighted by Crippen LogP contribution is 2.21. The van der Waals surface area contributed by atoms with Crippen LogP contribution < -0.4 is 10.1 Å². The van der Waals surface area contributed by atoms with Gasteiger partial charge in [0.1, 0.15) is 22.3 Å². The lowest BCUT2D eigenvalue weighted by Crippen LogP contribution is -2.38. The van der Waals surface area contributed by atoms with Gasteiger partial charge in [-0.15, -0.1) is 0 Å². The van der Waals surface area contributed by atoms with E-state index in [4.69, 9.17) is 4.74 Å². The number of carbonyl (C=O) groups excluding carboxylic acids is 1. The van der Waals surface area contributed by atoms with Crippen LogP contribution in [0.25, 0.3) is 0 Å². The normalized spacial score (nSPS) is 11.4. The lowest BCUT2D eigenvalue weighted by Gasteiger charge is -2.20. The fourth-order valence-corrected chi connectivity index (χ4v) is 3.70. The summed E-state index contributed by atoms with van der Waals surface area (Å²) in [6, 6.07) is 8.71. The number of hydrogen-bond donors (Lipinski definition) is 1. The van der Waals surface area contributed by atoms with Crippen LogP contribution in [0.4, 0.5) is 14.5 Å². The molecule has 0 saturated carbocycles. The van der Waals surface area contributed by atoms with Gasteiger partial charge in [-0.3, -0.25) is 4.79 Å². The molecule has 2 rings (SSSR count). The van der Waals surface area contributed by atoms with Crippen molar-refractivity contribution < 1.29 is 26.7 Å². The Kier molecular flexibility index (Phi) is 6.27. The number of nitrogens with zero attached hydrogens (tertiary/aromatic N) is 1. The molecule has 0 spiro atoms. The minimum atomic E-state index is -4.29. The van der Waals surface area contributed by atoms with Crippen molar-refractivity contribution in [2.45, 2.75) is 11.8 Å². The Balaban J connectivity index is 2.18. The number of ether oxygens (including phenoxy) is 1. The summed E-state index contributed by atoms with van der Waals surface area (Å²) in [5.41, 5.74) is 0.427. The highest BCUT2D eigenvalue weighted by Gasteiger charge is 2.28. The van der Waals surface area contributed by atoms with E-state index in [1.54, 1.807) is 24.3 Å². The van der Waals surface area contributed by atoms with Gasteiger partial charge >= 0.3 is 0 Å². The van der Waals surface area contributed by atoms with Crippen molar-refractivity contribution in [1.82, 2.24) is 4.31 Å². The van der Waals surface area contributed by atoms with Crippen molar-refractivity contribution in [3.05, 3.63) is 54.1 Å². The molecule has 0 heterocycles. The first-order valence-corrected chi connectivity index (χ1v) is 9.11. The second-order valence-corrected chi connectivity index (χ2v) is 7.19. The van der Waals surface area contributed by atoms with Crippen LogP contribution in [0.15, 0.2) is 47.4 Å². The molecule has 0 aliphatic carbocycles. The van der Waals surface area contributed by atoms with Crippen LogP contribution in [0.1, 0.15) is 6.92 Å². The van der Waals surface area contributed by atoms with E-state index in [1.165, 1.54) is 14.0 Å². The Morgan fingerprint density at radius 1 is 1.19 bits per heavy atom. The first-order valence-electron chi connectivity index (χ1n) is 7.67. The summed E-state index contributed by atoms with van der Waals surface area (Å²) in [5.74, 6) is -2.18. The molecule has 1 amide bonds. The first-order chi connectivity index (χ1) is 12.3. The molecule has 0 unspecified atom stereocenters. The number of rotatable bonds is 7. The number of hydrogen-bond acceptors (Lipinski definition) is 4. The molecule has 0 bridgehead atoms. The van der Waals surface area contributed by atoms with E-state index in [9.17, 15) is 22.0 Å². The summed E-state index contributed by atoms with van der Waals surface area (Å²) in [6.07, 6.45) is 0. The molecule has 1 N–H and O–H groups in total. The molecule has 2 aromatic rings. The van der Waals surface area contributed by atoms with Crippen molar-refractivity contribution in [2.75, 3.05) is 25.5 Å². The average Bonchev–Trinajstić information content (AvgIpc) is 2.59. The van der Waals surface area contributed by atoms with Crippen LogP contribution in [0.5, 0.6) is 5.75 Å². The van der Waals surface area contributed by atoms with Gasteiger partial charge in [0.2, 0.25) is 15.9 Å². The van der Waals surface area contributed by atoms with Gasteiger partial charge in [-0.25, -0.2) is 17.2 Å². The van der Waals surface area contributed by atoms with Gasteiger partial charge in [0.25, 0.3) is 0 Å². The van der Waals surface area contributed by atoms with Crippen LogP contribution in [0, 0.1) is 11.6 Å². The maximum atomic E-state index is 13.9. The van der Waals surface area contributed by atoms with E-state index in [1.807, 2.05) is 0 Å². The number of halogens is 2. The van der Waals surface area contributed by atoms with Gasteiger partial charge in [0.15, 0.2) is 0 Å². The molecule has 9 heteroatoms. The van der Waals surface area contributed by atoms with Crippen molar-refractivity contribution >= 4 is 21.6 Å². The third-order valence-electron chi connectivity index (χ3n) is 3.54. The summed E-state index contributed by atoms with van der Waals surface area (Å²) < 4.78 is 57.8. The van der Waals surface area contributed by atoms with Crippen LogP contribution in [-0.2, 0) is 14.8 Å². The topological polar surface area (TPSA) is 75.7 Å². The third-order valence-corrected chi connectivity index (χ3v) is 5.49. The zero-order valence-electron chi connectivity index (χ0n) is 14.2. The Labute approximate surface area is 150 Å². The third kappa shape index (κ3) is 4.55. The van der Waals surface area contributed by atoms with Crippen LogP contribution in [0.3, 0.4) is 0 Å². The van der Waals surface area contributed by atoms with Crippen LogP contribution in [-0.4, -0.2) is 38.8 Å². The Morgan fingerprint density at radius 3 is 2.54 bits per heavy atom. The summed E-state index contributed by atoms with van der Waals surface area (Å²) in [5, 5.41) is 2.55. The van der Waals surface area contributed by atoms with Gasteiger partial charge in [-0.1, -0.05) is 13.0 Å². The lowest BCUT2D eigenvalue weighted by molar-refractivity contribution is -0.116. The number of benzene rings is 2. The highest BCUT2D eigenvalue weighted by molar-refractivity contribution is 7.89. The summed E-state index contributed by atoms with van der Waals surface area (Å²) in [4.78, 5) is 11.5. The Bertz CT molecular complexity index is 903. The maximum Gasteiger partial charge on any atom is 0.246 e. The molecule has 0 radical (unpaired) electrons. The molecule has 0 aliphatic heterocycles. The van der Waals surface area contributed by atoms with Gasteiger partial charge in [0.05, 0.1) is 13.7 Å². The molecular formula is C17H18F2N2O4S. The predicted molar refractivity (Wildman–Crippen MR) is 92.4 cm³/mol. The van der Waals surface area contributed by atoms with Crippen LogP contribution >= 0.6 is 0 Å². The van der Waals surface area contributed by atoms with Gasteiger partial charge in [-0.05, 0) is 24.3 Å². The van der Waals surface area contributed by atoms with E-state index in [0.717, 1.165) is 16.4 Å². The SMILES string of the molecule is CCN(CC(=O)Nc1cccc(OC)c1)S(=O)(=O)c1ccc(F)cc1F. The lowest BCUT2D eigenvalue weighted by atomic mass is 10.3. The molecule has 140 valence electrons. The number of methoxy groups -OCH3 is 1. The molecule has 0 saturated heterocycles. The summed E-state index contributed by atoms with van der Waals surface area (Å²) in [6.45, 7) is 0.926. The second-order valence-electron chi connectivity index (χ2n) is 5.29. The molecule has 0 atom stereocenters. The maximum absolute atomic E-state index is 13.9. The predicted octanol–water partition coefficient (Wildman–Crippen LogP) is 2.62. The molecule has 0 aliphatic rings. The largest absolute Gasteiger partial charge is 0.497 e. The second kappa shape index (κ2) is 8.24. The van der Waals surface area contributed by atoms with Crippen molar-refractivity contribution in [3.63, 3.8) is 0 Å². The van der Waals surface area contributed by atoms with Crippen LogP contribution in [0.2, 0.25) is 0 Å². The Morgan fingerprint density at radius 2 is 1.92 bits per heavy atom. The number of nitrogens with one attached hydrogen (secondary N) is 1. The van der Waals surface area contributed by atoms with Crippen molar-refractivity contribution in [2.24, 2.45) is 0 Å². The fraction of sp³-hybridized carbons (Fsp3) is 0.235. The molecule has 0 fully saturated rings. The molecule has 0 aromatic heterocycles. The summed E-state index contributed by atoms with van der Waals surface area (Å²) in [7, 11) is -2.82. The van der Waals surface area contributed by atoms with Gasteiger partial charge < -0.3 is 10.1 Å². The van der Waals surface area contributed by atoms with Crippen molar-refractivity contribution in [1.29, 1.82) is 0 Å². The number of likely N-dealkylation sites (N-methyl/N-ethyl adjacent to an activating group) is 1. The first kappa shape index (κ1) is 19.8. The minimum absolute atomic E-state index is 0.0648. The number of anilines is 1. The smallest absolute Gasteiger partial charge is 0.246 e. The highest BCUT2D eigenvalue weighted by atomic mass is 32.2. The molecule has 6 nitrogen and oxygen atoms in total. The quantitative estimate of drug-likeness (QED) is 0.796. The molecule has 26 heavy (non-hydrogen) atoms. The van der Waals surface area contributed by atoms with Crippen molar-refractivity contribution in [3.8, 4) is 5.75 Å². The molecular weight excluding hydrogens is 366 g/mol. The molecule has 2 aromatic carbocycles. The Hall–Kier alpha value is -2.52. The number of amides is 1. The van der Waals surface area contributed by atoms with E-state index in [2.05, 4.69) is 5.32 Å². The number of sulfonamides is 1. The average molecular weight is 384 g/mol.